The topological polar surface area (TPSA) is 66.8 Å². The van der Waals surface area contributed by atoms with Crippen LogP contribution >= 0.6 is 0 Å². The third-order valence-electron chi connectivity index (χ3n) is 11.5. The minimum Gasteiger partial charge on any atom is -0.462 e. The summed E-state index contributed by atoms with van der Waals surface area (Å²) >= 11 is 0. The molecule has 8 unspecified atom stereocenters. The van der Waals surface area contributed by atoms with Crippen molar-refractivity contribution in [2.45, 2.75) is 136 Å². The second-order valence-electron chi connectivity index (χ2n) is 12.9. The van der Waals surface area contributed by atoms with Crippen LogP contribution in [0.4, 0.5) is 0 Å². The van der Waals surface area contributed by atoms with Crippen LogP contribution in [-0.2, 0) is 9.53 Å². The highest BCUT2D eigenvalue weighted by atomic mass is 16.5. The highest BCUT2D eigenvalue weighted by Crippen LogP contribution is 2.55. The van der Waals surface area contributed by atoms with Crippen LogP contribution < -0.4 is 0 Å². The van der Waals surface area contributed by atoms with Crippen LogP contribution in [-0.4, -0.2) is 34.5 Å². The summed E-state index contributed by atoms with van der Waals surface area (Å²) in [5, 5.41) is 22.5. The molecule has 0 heterocycles. The summed E-state index contributed by atoms with van der Waals surface area (Å²) in [6, 6.07) is 0. The van der Waals surface area contributed by atoms with Crippen LogP contribution in [0.2, 0.25) is 0 Å². The molecule has 0 radical (unpaired) electrons. The van der Waals surface area contributed by atoms with E-state index in [1.807, 2.05) is 0 Å². The van der Waals surface area contributed by atoms with Gasteiger partial charge in [-0.1, -0.05) is 66.2 Å². The molecule has 35 heavy (non-hydrogen) atoms. The summed E-state index contributed by atoms with van der Waals surface area (Å²) in [7, 11) is 0. The fourth-order valence-electron chi connectivity index (χ4n) is 10.2. The largest absolute Gasteiger partial charge is 0.462 e. The Labute approximate surface area is 215 Å². The van der Waals surface area contributed by atoms with Crippen molar-refractivity contribution >= 4 is 5.97 Å². The summed E-state index contributed by atoms with van der Waals surface area (Å²) in [5.74, 6) is 2.69. The predicted molar refractivity (Wildman–Crippen MR) is 141 cm³/mol. The Morgan fingerprint density at radius 2 is 0.771 bits per heavy atom. The highest BCUT2D eigenvalue weighted by molar-refractivity contribution is 5.74. The van der Waals surface area contributed by atoms with Gasteiger partial charge in [-0.05, 0) is 86.9 Å². The van der Waals surface area contributed by atoms with E-state index < -0.39 is 0 Å². The van der Waals surface area contributed by atoms with Gasteiger partial charge in [0, 0.05) is 11.8 Å². The van der Waals surface area contributed by atoms with Gasteiger partial charge in [0.2, 0.25) is 0 Å². The van der Waals surface area contributed by atoms with E-state index in [-0.39, 0.29) is 45.1 Å². The first kappa shape index (κ1) is 27.4. The van der Waals surface area contributed by atoms with Crippen LogP contribution in [0.3, 0.4) is 0 Å². The lowest BCUT2D eigenvalue weighted by atomic mass is 9.53. The zero-order valence-electron chi connectivity index (χ0n) is 20.5. The Morgan fingerprint density at radius 1 is 0.486 bits per heavy atom. The van der Waals surface area contributed by atoms with E-state index in [1.54, 1.807) is 0 Å². The molecule has 202 valence electrons. The van der Waals surface area contributed by atoms with E-state index in [0.29, 0.717) is 47.3 Å². The molecule has 0 amide bonds. The van der Waals surface area contributed by atoms with E-state index in [2.05, 4.69) is 0 Å². The van der Waals surface area contributed by atoms with Gasteiger partial charge in [-0.3, -0.25) is 4.79 Å². The predicted octanol–water partition coefficient (Wildman–Crippen LogP) is 6.76. The zero-order chi connectivity index (χ0) is 22.5. The van der Waals surface area contributed by atoms with Crippen molar-refractivity contribution in [2.75, 3.05) is 0 Å². The number of ether oxygens (including phenoxy) is 1. The lowest BCUT2D eigenvalue weighted by molar-refractivity contribution is -0.200. The van der Waals surface area contributed by atoms with Crippen molar-refractivity contribution in [1.82, 2.24) is 0 Å². The number of fused-ring (bicyclic) bond motifs is 4. The molecule has 0 aromatic carbocycles. The summed E-state index contributed by atoms with van der Waals surface area (Å²) in [6.07, 6.45) is 18.1. The molecule has 0 aliphatic heterocycles. The Bertz CT molecular complexity index is 660. The molecule has 6 saturated carbocycles. The molecule has 6 aliphatic rings. The minimum atomic E-state index is -0.208. The van der Waals surface area contributed by atoms with Crippen molar-refractivity contribution < 1.29 is 19.7 Å². The number of hydrogen-bond donors (Lipinski definition) is 2. The number of hydrogen-bond acceptors (Lipinski definition) is 4. The average Bonchev–Trinajstić information content (AvgIpc) is 2.87. The quantitative estimate of drug-likeness (QED) is 0.420. The number of aliphatic hydroxyl groups excluding tert-OH is 2. The van der Waals surface area contributed by atoms with Gasteiger partial charge in [0.1, 0.15) is 6.10 Å². The summed E-state index contributed by atoms with van der Waals surface area (Å²) in [5.41, 5.74) is 0. The van der Waals surface area contributed by atoms with E-state index in [1.165, 1.54) is 51.4 Å². The van der Waals surface area contributed by atoms with Gasteiger partial charge in [0.05, 0.1) is 18.1 Å². The molecule has 0 aromatic rings. The van der Waals surface area contributed by atoms with E-state index in [0.717, 1.165) is 51.4 Å². The van der Waals surface area contributed by atoms with Gasteiger partial charge in [0.25, 0.3) is 0 Å². The lowest BCUT2D eigenvalue weighted by Gasteiger charge is -2.55. The van der Waals surface area contributed by atoms with Crippen LogP contribution in [0.1, 0.15) is 118 Å². The van der Waals surface area contributed by atoms with Gasteiger partial charge in [-0.25, -0.2) is 0 Å². The monoisotopic (exact) mass is 490 g/mol. The molecule has 2 N–H and O–H groups in total. The maximum Gasteiger partial charge on any atom is 0.309 e. The lowest BCUT2D eigenvalue weighted by Crippen LogP contribution is -2.58. The summed E-state index contributed by atoms with van der Waals surface area (Å²) < 4.78 is 6.72. The third kappa shape index (κ3) is 4.73. The van der Waals surface area contributed by atoms with Gasteiger partial charge in [-0.2, -0.15) is 0 Å². The van der Waals surface area contributed by atoms with Gasteiger partial charge in [-0.15, -0.1) is 0 Å². The zero-order valence-corrected chi connectivity index (χ0v) is 20.5. The van der Waals surface area contributed by atoms with Crippen LogP contribution in [0.5, 0.6) is 0 Å². The van der Waals surface area contributed by atoms with Crippen molar-refractivity contribution in [3.05, 3.63) is 0 Å². The molecule has 4 nitrogen and oxygen atoms in total. The van der Waals surface area contributed by atoms with Crippen LogP contribution in [0, 0.1) is 53.3 Å². The number of carbonyl (C=O) groups is 1. The van der Waals surface area contributed by atoms with Crippen LogP contribution in [0.15, 0.2) is 0 Å². The van der Waals surface area contributed by atoms with Crippen molar-refractivity contribution in [3.63, 3.8) is 0 Å². The second-order valence-corrected chi connectivity index (χ2v) is 12.9. The fraction of sp³-hybridized carbons (Fsp3) is 0.968. The Morgan fingerprint density at radius 3 is 1.14 bits per heavy atom. The number of esters is 1. The molecule has 0 spiro atoms. The Hall–Kier alpha value is -0.610. The smallest absolute Gasteiger partial charge is 0.309 e. The van der Waals surface area contributed by atoms with Crippen molar-refractivity contribution in [2.24, 2.45) is 53.3 Å². The molecule has 6 rings (SSSR count). The SMILES string of the molecule is C.C.O=C(OC1C2CCCCC2C(O)C2CCCCC21)C1C2CCCCC2C(O)C2CCCCC21. The number of aliphatic hydroxyl groups is 2. The molecule has 0 saturated heterocycles. The third-order valence-corrected chi connectivity index (χ3v) is 11.5. The second kappa shape index (κ2) is 11.4. The first-order chi connectivity index (χ1) is 16.1. The maximum atomic E-state index is 14.1. The molecule has 6 aliphatic carbocycles. The van der Waals surface area contributed by atoms with Gasteiger partial charge in [0.15, 0.2) is 0 Å². The molecular weight excluding hydrogens is 436 g/mol. The standard InChI is InChI=1S/C29H46O4.2CH4/c30-26-19-11-3-1-9-17(19)25(18-10-2-4-12-20(18)26)29(32)33-28-23-15-7-5-13-21(23)27(31)22-14-6-8-16-24(22)28;;/h17-28,30-31H,1-16H2;2*1H4. The van der Waals surface area contributed by atoms with Crippen molar-refractivity contribution in [1.29, 1.82) is 0 Å². The summed E-state index contributed by atoms with van der Waals surface area (Å²) in [6.45, 7) is 0. The normalized spacial score (nSPS) is 49.0. The Kier molecular flexibility index (Phi) is 8.95. The van der Waals surface area contributed by atoms with Gasteiger partial charge < -0.3 is 14.9 Å². The number of carbonyl (C=O) groups excluding carboxylic acids is 1. The molecule has 4 heteroatoms. The van der Waals surface area contributed by atoms with E-state index >= 15 is 0 Å². The molecule has 0 aromatic heterocycles. The van der Waals surface area contributed by atoms with E-state index in [4.69, 9.17) is 4.74 Å². The molecular formula is C31H54O4. The van der Waals surface area contributed by atoms with Crippen molar-refractivity contribution in [3.8, 4) is 0 Å². The molecule has 6 fully saturated rings. The summed E-state index contributed by atoms with van der Waals surface area (Å²) in [4.78, 5) is 14.1. The Balaban J connectivity index is 0.00000144. The minimum absolute atomic E-state index is 0. The first-order valence-corrected chi connectivity index (χ1v) is 14.7. The molecule has 0 bridgehead atoms. The highest BCUT2D eigenvalue weighted by Gasteiger charge is 2.56. The first-order valence-electron chi connectivity index (χ1n) is 14.7. The van der Waals surface area contributed by atoms with E-state index in [9.17, 15) is 15.0 Å². The number of rotatable bonds is 2. The average molecular weight is 491 g/mol. The fourth-order valence-corrected chi connectivity index (χ4v) is 10.2. The molecule has 8 atom stereocenters. The van der Waals surface area contributed by atoms with Crippen LogP contribution in [0.25, 0.3) is 0 Å². The van der Waals surface area contributed by atoms with Gasteiger partial charge >= 0.3 is 5.97 Å². The maximum absolute atomic E-state index is 14.1.